The Morgan fingerprint density at radius 3 is 2.50 bits per heavy atom. The topological polar surface area (TPSA) is 48.2 Å². The summed E-state index contributed by atoms with van der Waals surface area (Å²) in [6.07, 6.45) is 0. The van der Waals surface area contributed by atoms with E-state index in [1.165, 1.54) is 0 Å². The van der Waals surface area contributed by atoms with Gasteiger partial charge in [-0.15, -0.1) is 11.6 Å². The molecule has 2 aromatic rings. The lowest BCUT2D eigenvalue weighted by Gasteiger charge is -1.98. The van der Waals surface area contributed by atoms with Crippen molar-refractivity contribution in [3.8, 4) is 17.1 Å². The van der Waals surface area contributed by atoms with E-state index in [2.05, 4.69) is 10.1 Å². The minimum absolute atomic E-state index is 0.278. The summed E-state index contributed by atoms with van der Waals surface area (Å²) in [5, 5.41) is 3.57. The van der Waals surface area contributed by atoms with Crippen LogP contribution in [0.5, 0.6) is 5.75 Å². The summed E-state index contributed by atoms with van der Waals surface area (Å²) in [7, 11) is 1.62. The molecular weight excluding hydrogens is 228 g/mol. The van der Waals surface area contributed by atoms with Crippen LogP contribution in [-0.4, -0.2) is 17.3 Å². The first-order chi connectivity index (χ1) is 7.70. The number of methoxy groups -OCH3 is 1. The number of alkyl halides is 1. The van der Waals surface area contributed by atoms with Crippen molar-refractivity contribution in [2.24, 2.45) is 0 Å². The van der Waals surface area contributed by atoms with E-state index in [1.807, 2.05) is 24.3 Å². The predicted octanol–water partition coefficient (Wildman–Crippen LogP) is 3.05. The van der Waals surface area contributed by atoms with E-state index in [0.717, 1.165) is 11.3 Å². The summed E-state index contributed by atoms with van der Waals surface area (Å²) in [4.78, 5) is 4.18. The van der Waals surface area contributed by atoms with Crippen LogP contribution in [0.1, 0.15) is 18.2 Å². The molecule has 0 saturated carbocycles. The van der Waals surface area contributed by atoms with Crippen molar-refractivity contribution >= 4 is 11.6 Å². The van der Waals surface area contributed by atoms with Crippen LogP contribution in [0.2, 0.25) is 0 Å². The van der Waals surface area contributed by atoms with Gasteiger partial charge in [0.15, 0.2) is 0 Å². The van der Waals surface area contributed by atoms with Gasteiger partial charge in [0.2, 0.25) is 11.7 Å². The Morgan fingerprint density at radius 2 is 2.00 bits per heavy atom. The normalized spacial score (nSPS) is 12.4. The number of rotatable bonds is 3. The van der Waals surface area contributed by atoms with Gasteiger partial charge in [-0.05, 0) is 31.2 Å². The van der Waals surface area contributed by atoms with E-state index in [4.69, 9.17) is 20.9 Å². The number of aromatic nitrogens is 2. The van der Waals surface area contributed by atoms with Gasteiger partial charge < -0.3 is 9.26 Å². The van der Waals surface area contributed by atoms with E-state index >= 15 is 0 Å². The van der Waals surface area contributed by atoms with Crippen molar-refractivity contribution in [1.82, 2.24) is 10.1 Å². The molecule has 1 atom stereocenters. The van der Waals surface area contributed by atoms with Crippen LogP contribution < -0.4 is 4.74 Å². The fourth-order valence-corrected chi connectivity index (χ4v) is 1.34. The highest BCUT2D eigenvalue weighted by atomic mass is 35.5. The van der Waals surface area contributed by atoms with Gasteiger partial charge in [-0.2, -0.15) is 4.98 Å². The molecule has 0 N–H and O–H groups in total. The molecule has 1 aromatic carbocycles. The quantitative estimate of drug-likeness (QED) is 0.771. The summed E-state index contributed by atoms with van der Waals surface area (Å²) in [6, 6.07) is 7.42. The molecular formula is C11H11ClN2O2. The Kier molecular flexibility index (Phi) is 3.10. The molecule has 5 heteroatoms. The standard InChI is InChI=1S/C11H11ClN2O2/c1-7(12)11-13-10(14-16-11)8-3-5-9(15-2)6-4-8/h3-7H,1-2H3/t7-/m1/s1. The molecule has 1 heterocycles. The Hall–Kier alpha value is -1.55. The second-order valence-electron chi connectivity index (χ2n) is 3.30. The fraction of sp³-hybridized carbons (Fsp3) is 0.273. The molecule has 4 nitrogen and oxygen atoms in total. The van der Waals surface area contributed by atoms with Gasteiger partial charge in [-0.3, -0.25) is 0 Å². The number of halogens is 1. The monoisotopic (exact) mass is 238 g/mol. The zero-order valence-corrected chi connectivity index (χ0v) is 9.73. The first-order valence-electron chi connectivity index (χ1n) is 4.83. The predicted molar refractivity (Wildman–Crippen MR) is 60.6 cm³/mol. The lowest BCUT2D eigenvalue weighted by atomic mass is 10.2. The summed E-state index contributed by atoms with van der Waals surface area (Å²) < 4.78 is 10.1. The van der Waals surface area contributed by atoms with E-state index in [-0.39, 0.29) is 5.38 Å². The molecule has 0 saturated heterocycles. The molecule has 0 spiro atoms. The van der Waals surface area contributed by atoms with Crippen molar-refractivity contribution in [1.29, 1.82) is 0 Å². The van der Waals surface area contributed by atoms with Crippen molar-refractivity contribution in [3.05, 3.63) is 30.2 Å². The lowest BCUT2D eigenvalue weighted by molar-refractivity contribution is 0.379. The Labute approximate surface area is 98.2 Å². The van der Waals surface area contributed by atoms with Crippen LogP contribution in [0.3, 0.4) is 0 Å². The van der Waals surface area contributed by atoms with Gasteiger partial charge in [0.1, 0.15) is 11.1 Å². The fourth-order valence-electron chi connectivity index (χ4n) is 1.25. The van der Waals surface area contributed by atoms with Gasteiger partial charge in [0.05, 0.1) is 7.11 Å². The molecule has 0 aliphatic rings. The van der Waals surface area contributed by atoms with Crippen LogP contribution in [0.4, 0.5) is 0 Å². The molecule has 16 heavy (non-hydrogen) atoms. The van der Waals surface area contributed by atoms with Crippen LogP contribution in [0.15, 0.2) is 28.8 Å². The highest BCUT2D eigenvalue weighted by Gasteiger charge is 2.12. The Balaban J connectivity index is 2.28. The second kappa shape index (κ2) is 4.53. The zero-order valence-electron chi connectivity index (χ0n) is 8.98. The summed E-state index contributed by atoms with van der Waals surface area (Å²) in [6.45, 7) is 1.78. The minimum Gasteiger partial charge on any atom is -0.497 e. The molecule has 0 radical (unpaired) electrons. The van der Waals surface area contributed by atoms with Gasteiger partial charge >= 0.3 is 0 Å². The molecule has 0 unspecified atom stereocenters. The Morgan fingerprint density at radius 1 is 1.31 bits per heavy atom. The summed E-state index contributed by atoms with van der Waals surface area (Å²) in [5.74, 6) is 1.75. The third kappa shape index (κ3) is 2.17. The van der Waals surface area contributed by atoms with Crippen molar-refractivity contribution in [2.45, 2.75) is 12.3 Å². The van der Waals surface area contributed by atoms with E-state index in [1.54, 1.807) is 14.0 Å². The lowest BCUT2D eigenvalue weighted by Crippen LogP contribution is -1.85. The van der Waals surface area contributed by atoms with E-state index in [9.17, 15) is 0 Å². The summed E-state index contributed by atoms with van der Waals surface area (Å²) in [5.41, 5.74) is 0.869. The number of hydrogen-bond acceptors (Lipinski definition) is 4. The van der Waals surface area contributed by atoms with Crippen LogP contribution in [0, 0.1) is 0 Å². The number of benzene rings is 1. The molecule has 0 aliphatic carbocycles. The molecule has 0 bridgehead atoms. The van der Waals surface area contributed by atoms with Crippen molar-refractivity contribution in [2.75, 3.05) is 7.11 Å². The molecule has 0 amide bonds. The highest BCUT2D eigenvalue weighted by Crippen LogP contribution is 2.23. The van der Waals surface area contributed by atoms with Crippen molar-refractivity contribution in [3.63, 3.8) is 0 Å². The highest BCUT2D eigenvalue weighted by molar-refractivity contribution is 6.20. The van der Waals surface area contributed by atoms with Crippen LogP contribution in [-0.2, 0) is 0 Å². The first kappa shape index (κ1) is 11.0. The number of ether oxygens (including phenoxy) is 1. The van der Waals surface area contributed by atoms with Crippen LogP contribution >= 0.6 is 11.6 Å². The zero-order chi connectivity index (χ0) is 11.5. The van der Waals surface area contributed by atoms with E-state index in [0.29, 0.717) is 11.7 Å². The first-order valence-corrected chi connectivity index (χ1v) is 5.26. The third-order valence-electron chi connectivity index (χ3n) is 2.13. The molecule has 0 fully saturated rings. The van der Waals surface area contributed by atoms with Crippen LogP contribution in [0.25, 0.3) is 11.4 Å². The average Bonchev–Trinajstić information content (AvgIpc) is 2.78. The smallest absolute Gasteiger partial charge is 0.244 e. The van der Waals surface area contributed by atoms with Gasteiger partial charge in [0, 0.05) is 5.56 Å². The minimum atomic E-state index is -0.278. The average molecular weight is 239 g/mol. The van der Waals surface area contributed by atoms with E-state index < -0.39 is 0 Å². The molecule has 2 rings (SSSR count). The molecule has 1 aromatic heterocycles. The second-order valence-corrected chi connectivity index (χ2v) is 3.96. The maximum atomic E-state index is 5.84. The SMILES string of the molecule is COc1ccc(-c2noc([C@@H](C)Cl)n2)cc1. The van der Waals surface area contributed by atoms with Crippen molar-refractivity contribution < 1.29 is 9.26 Å². The maximum absolute atomic E-state index is 5.84. The number of nitrogens with zero attached hydrogens (tertiary/aromatic N) is 2. The van der Waals surface area contributed by atoms with Gasteiger partial charge in [-0.25, -0.2) is 0 Å². The van der Waals surface area contributed by atoms with Gasteiger partial charge in [-0.1, -0.05) is 5.16 Å². The van der Waals surface area contributed by atoms with Gasteiger partial charge in [0.25, 0.3) is 0 Å². The molecule has 84 valence electrons. The Bertz CT molecular complexity index is 465. The number of hydrogen-bond donors (Lipinski definition) is 0. The molecule has 0 aliphatic heterocycles. The largest absolute Gasteiger partial charge is 0.497 e. The summed E-state index contributed by atoms with van der Waals surface area (Å²) >= 11 is 5.84. The third-order valence-corrected chi connectivity index (χ3v) is 2.32. The maximum Gasteiger partial charge on any atom is 0.244 e.